The molecule has 2 atom stereocenters. The van der Waals surface area contributed by atoms with Crippen molar-refractivity contribution in [1.29, 1.82) is 0 Å². The first kappa shape index (κ1) is 20.5. The Morgan fingerprint density at radius 3 is 2.71 bits per heavy atom. The van der Waals surface area contributed by atoms with Crippen molar-refractivity contribution in [1.82, 2.24) is 5.32 Å². The standard InChI is InChI=1S/C23H31NO4/c1-27-19-10-8-18(9-11-19)22-14-12-20(28-22)13-15-23(26)24-16-4-6-17-5-2-3-7-21(17)25/h8-12,14,17,21,25H,2-7,13,15-16H2,1H3,(H,24,26)/t17-,21-/m0/s1. The number of hydrogen-bond donors (Lipinski definition) is 2. The molecule has 2 aromatic rings. The third kappa shape index (κ3) is 5.86. The van der Waals surface area contributed by atoms with Crippen LogP contribution in [0, 0.1) is 5.92 Å². The second-order valence-electron chi connectivity index (χ2n) is 7.60. The predicted octanol–water partition coefficient (Wildman–Crippen LogP) is 4.34. The summed E-state index contributed by atoms with van der Waals surface area (Å²) in [6.07, 6.45) is 7.18. The van der Waals surface area contributed by atoms with Gasteiger partial charge in [0.25, 0.3) is 0 Å². The number of benzene rings is 1. The van der Waals surface area contributed by atoms with Gasteiger partial charge in [-0.1, -0.05) is 12.8 Å². The number of furan rings is 1. The SMILES string of the molecule is COc1ccc(-c2ccc(CCC(=O)NCCC[C@@H]3CCCC[C@@H]3O)o2)cc1. The Labute approximate surface area is 167 Å². The van der Waals surface area contributed by atoms with Gasteiger partial charge in [-0.2, -0.15) is 0 Å². The van der Waals surface area contributed by atoms with Gasteiger partial charge >= 0.3 is 0 Å². The minimum absolute atomic E-state index is 0.0478. The molecule has 0 unspecified atom stereocenters. The van der Waals surface area contributed by atoms with Gasteiger partial charge in [-0.15, -0.1) is 0 Å². The van der Waals surface area contributed by atoms with E-state index >= 15 is 0 Å². The minimum atomic E-state index is -0.150. The van der Waals surface area contributed by atoms with Gasteiger partial charge in [0.15, 0.2) is 0 Å². The zero-order valence-electron chi connectivity index (χ0n) is 16.7. The van der Waals surface area contributed by atoms with Crippen LogP contribution in [0.2, 0.25) is 0 Å². The summed E-state index contributed by atoms with van der Waals surface area (Å²) in [5, 5.41) is 13.0. The van der Waals surface area contributed by atoms with E-state index in [0.717, 1.165) is 54.9 Å². The van der Waals surface area contributed by atoms with Crippen molar-refractivity contribution in [3.63, 3.8) is 0 Å². The van der Waals surface area contributed by atoms with Gasteiger partial charge < -0.3 is 19.6 Å². The van der Waals surface area contributed by atoms with E-state index in [2.05, 4.69) is 5.32 Å². The molecule has 1 aromatic heterocycles. The van der Waals surface area contributed by atoms with Crippen molar-refractivity contribution >= 4 is 5.91 Å². The van der Waals surface area contributed by atoms with E-state index in [1.165, 1.54) is 6.42 Å². The molecule has 28 heavy (non-hydrogen) atoms. The number of aliphatic hydroxyl groups excluding tert-OH is 1. The zero-order valence-corrected chi connectivity index (χ0v) is 16.7. The third-order valence-corrected chi connectivity index (χ3v) is 5.58. The van der Waals surface area contributed by atoms with E-state index in [1.54, 1.807) is 7.11 Å². The molecule has 0 bridgehead atoms. The van der Waals surface area contributed by atoms with Crippen LogP contribution >= 0.6 is 0 Å². The number of ether oxygens (including phenoxy) is 1. The topological polar surface area (TPSA) is 71.7 Å². The van der Waals surface area contributed by atoms with E-state index in [0.29, 0.717) is 25.3 Å². The number of carbonyl (C=O) groups is 1. The smallest absolute Gasteiger partial charge is 0.220 e. The van der Waals surface area contributed by atoms with E-state index in [4.69, 9.17) is 9.15 Å². The van der Waals surface area contributed by atoms with Crippen molar-refractivity contribution in [3.05, 3.63) is 42.2 Å². The van der Waals surface area contributed by atoms with E-state index < -0.39 is 0 Å². The van der Waals surface area contributed by atoms with Gasteiger partial charge in [0.05, 0.1) is 13.2 Å². The number of hydrogen-bond acceptors (Lipinski definition) is 4. The molecule has 5 heteroatoms. The quantitative estimate of drug-likeness (QED) is 0.630. The van der Waals surface area contributed by atoms with Crippen molar-refractivity contribution in [2.24, 2.45) is 5.92 Å². The largest absolute Gasteiger partial charge is 0.497 e. The number of aryl methyl sites for hydroxylation is 1. The number of carbonyl (C=O) groups excluding carboxylic acids is 1. The monoisotopic (exact) mass is 385 g/mol. The summed E-state index contributed by atoms with van der Waals surface area (Å²) in [7, 11) is 1.64. The van der Waals surface area contributed by atoms with Crippen molar-refractivity contribution in [2.75, 3.05) is 13.7 Å². The highest BCUT2D eigenvalue weighted by atomic mass is 16.5. The van der Waals surface area contributed by atoms with Crippen LogP contribution < -0.4 is 10.1 Å². The summed E-state index contributed by atoms with van der Waals surface area (Å²) in [6, 6.07) is 11.6. The molecule has 0 saturated heterocycles. The lowest BCUT2D eigenvalue weighted by atomic mass is 9.83. The fraction of sp³-hybridized carbons (Fsp3) is 0.522. The molecule has 0 spiro atoms. The molecule has 0 radical (unpaired) electrons. The number of methoxy groups -OCH3 is 1. The summed E-state index contributed by atoms with van der Waals surface area (Å²) < 4.78 is 11.0. The van der Waals surface area contributed by atoms with Crippen molar-refractivity contribution in [3.8, 4) is 17.1 Å². The average Bonchev–Trinajstić information content (AvgIpc) is 3.20. The third-order valence-electron chi connectivity index (χ3n) is 5.58. The van der Waals surface area contributed by atoms with Gasteiger partial charge in [0.1, 0.15) is 17.3 Å². The lowest BCUT2D eigenvalue weighted by Crippen LogP contribution is -2.28. The van der Waals surface area contributed by atoms with Crippen LogP contribution in [0.5, 0.6) is 5.75 Å². The van der Waals surface area contributed by atoms with Gasteiger partial charge in [0, 0.05) is 24.9 Å². The minimum Gasteiger partial charge on any atom is -0.497 e. The maximum absolute atomic E-state index is 12.1. The number of nitrogens with one attached hydrogen (secondary N) is 1. The first-order valence-corrected chi connectivity index (χ1v) is 10.3. The normalized spacial score (nSPS) is 19.4. The lowest BCUT2D eigenvalue weighted by molar-refractivity contribution is -0.121. The van der Waals surface area contributed by atoms with E-state index in [1.807, 2.05) is 36.4 Å². The van der Waals surface area contributed by atoms with E-state index in [-0.39, 0.29) is 12.0 Å². The molecule has 1 aromatic carbocycles. The molecule has 2 N–H and O–H groups in total. The van der Waals surface area contributed by atoms with Gasteiger partial charge in [-0.05, 0) is 68.0 Å². The number of aliphatic hydroxyl groups is 1. The zero-order chi connectivity index (χ0) is 19.8. The molecule has 1 aliphatic rings. The van der Waals surface area contributed by atoms with E-state index in [9.17, 15) is 9.90 Å². The van der Waals surface area contributed by atoms with Crippen molar-refractivity contribution in [2.45, 2.75) is 57.5 Å². The van der Waals surface area contributed by atoms with Gasteiger partial charge in [-0.3, -0.25) is 4.79 Å². The first-order valence-electron chi connectivity index (χ1n) is 10.3. The van der Waals surface area contributed by atoms with Crippen LogP contribution in [0.15, 0.2) is 40.8 Å². The maximum Gasteiger partial charge on any atom is 0.220 e. The summed E-state index contributed by atoms with van der Waals surface area (Å²) >= 11 is 0. The van der Waals surface area contributed by atoms with Crippen LogP contribution in [0.4, 0.5) is 0 Å². The molecule has 1 fully saturated rings. The number of amides is 1. The Morgan fingerprint density at radius 1 is 1.18 bits per heavy atom. The van der Waals surface area contributed by atoms with Crippen LogP contribution in [0.25, 0.3) is 11.3 Å². The molecule has 3 rings (SSSR count). The highest BCUT2D eigenvalue weighted by Gasteiger charge is 2.22. The van der Waals surface area contributed by atoms with Crippen LogP contribution in [0.3, 0.4) is 0 Å². The second-order valence-corrected chi connectivity index (χ2v) is 7.60. The Balaban J connectivity index is 1.36. The predicted molar refractivity (Wildman–Crippen MR) is 109 cm³/mol. The summed E-state index contributed by atoms with van der Waals surface area (Å²) in [5.74, 6) is 2.87. The molecule has 1 amide bonds. The van der Waals surface area contributed by atoms with Crippen LogP contribution in [-0.2, 0) is 11.2 Å². The lowest BCUT2D eigenvalue weighted by Gasteiger charge is -2.27. The highest BCUT2D eigenvalue weighted by Crippen LogP contribution is 2.28. The Kier molecular flexibility index (Phi) is 7.54. The summed E-state index contributed by atoms with van der Waals surface area (Å²) in [4.78, 5) is 12.1. The number of rotatable bonds is 9. The molecular weight excluding hydrogens is 354 g/mol. The average molecular weight is 386 g/mol. The van der Waals surface area contributed by atoms with Gasteiger partial charge in [0.2, 0.25) is 5.91 Å². The second kappa shape index (κ2) is 10.3. The fourth-order valence-corrected chi connectivity index (χ4v) is 3.86. The molecule has 5 nitrogen and oxygen atoms in total. The first-order chi connectivity index (χ1) is 13.7. The molecule has 152 valence electrons. The molecule has 1 aliphatic carbocycles. The van der Waals surface area contributed by atoms with Crippen LogP contribution in [-0.4, -0.2) is 30.8 Å². The van der Waals surface area contributed by atoms with Crippen molar-refractivity contribution < 1.29 is 19.1 Å². The maximum atomic E-state index is 12.1. The highest BCUT2D eigenvalue weighted by molar-refractivity contribution is 5.76. The fourth-order valence-electron chi connectivity index (χ4n) is 3.86. The molecule has 1 heterocycles. The van der Waals surface area contributed by atoms with Crippen LogP contribution in [0.1, 0.15) is 50.7 Å². The Morgan fingerprint density at radius 2 is 1.96 bits per heavy atom. The molecular formula is C23H31NO4. The summed E-state index contributed by atoms with van der Waals surface area (Å²) in [6.45, 7) is 0.678. The van der Waals surface area contributed by atoms with Gasteiger partial charge in [-0.25, -0.2) is 0 Å². The molecule has 0 aliphatic heterocycles. The Bertz CT molecular complexity index is 737. The molecule has 1 saturated carbocycles. The Hall–Kier alpha value is -2.27. The summed E-state index contributed by atoms with van der Waals surface area (Å²) in [5.41, 5.74) is 0.987.